The Balaban J connectivity index is 0.938. The summed E-state index contributed by atoms with van der Waals surface area (Å²) in [4.78, 5) is 29.5. The summed E-state index contributed by atoms with van der Waals surface area (Å²) in [6.07, 6.45) is 0.944. The molecule has 59 heavy (non-hydrogen) atoms. The minimum atomic E-state index is -0.788. The van der Waals surface area contributed by atoms with Gasteiger partial charge < -0.3 is 29.0 Å². The first-order chi connectivity index (χ1) is 28.7. The van der Waals surface area contributed by atoms with Crippen LogP contribution in [0.25, 0.3) is 11.1 Å². The smallest absolute Gasteiger partial charge is 0.411 e. The van der Waals surface area contributed by atoms with Crippen LogP contribution in [0, 0.1) is 11.3 Å². The molecule has 3 heterocycles. The summed E-state index contributed by atoms with van der Waals surface area (Å²) in [5.74, 6) is 1.61. The number of carbonyl (C=O) groups is 2. The van der Waals surface area contributed by atoms with Gasteiger partial charge in [-0.05, 0) is 101 Å². The molecule has 0 saturated carbocycles. The molecule has 3 atom stereocenters. The Kier molecular flexibility index (Phi) is 12.3. The first kappa shape index (κ1) is 40.1. The first-order valence-corrected chi connectivity index (χ1v) is 20.5. The largest absolute Gasteiger partial charge is 0.489 e. The summed E-state index contributed by atoms with van der Waals surface area (Å²) in [6.45, 7) is 3.83. The highest BCUT2D eigenvalue weighted by Crippen LogP contribution is 2.41. The molecule has 0 bridgehead atoms. The van der Waals surface area contributed by atoms with Crippen molar-refractivity contribution in [1.29, 1.82) is 5.26 Å². The lowest BCUT2D eigenvalue weighted by molar-refractivity contribution is -0.127. The summed E-state index contributed by atoms with van der Waals surface area (Å²) >= 11 is 12.2. The summed E-state index contributed by atoms with van der Waals surface area (Å²) in [5, 5.41) is 13.3. The Morgan fingerprint density at radius 3 is 2.27 bits per heavy atom. The second-order valence-corrected chi connectivity index (χ2v) is 15.9. The highest BCUT2D eigenvalue weighted by Gasteiger charge is 2.38. The fourth-order valence-corrected chi connectivity index (χ4v) is 7.96. The van der Waals surface area contributed by atoms with Gasteiger partial charge in [0.25, 0.3) is 0 Å². The van der Waals surface area contributed by atoms with Crippen molar-refractivity contribution in [3.8, 4) is 34.4 Å². The predicted octanol–water partition coefficient (Wildman–Crippen LogP) is 9.41. The highest BCUT2D eigenvalue weighted by atomic mass is 35.5. The Hall–Kier alpha value is -5.73. The van der Waals surface area contributed by atoms with E-state index in [0.717, 1.165) is 38.9 Å². The highest BCUT2D eigenvalue weighted by molar-refractivity contribution is 6.42. The minimum absolute atomic E-state index is 0.173. The van der Waals surface area contributed by atoms with Crippen molar-refractivity contribution in [1.82, 2.24) is 10.2 Å². The fourth-order valence-electron chi connectivity index (χ4n) is 7.63. The van der Waals surface area contributed by atoms with Crippen LogP contribution in [0.3, 0.4) is 0 Å². The van der Waals surface area contributed by atoms with Crippen LogP contribution in [-0.2, 0) is 40.3 Å². The standard InChI is InChI=1S/C47H43Cl2N3O7/c1-29(20-30-2-7-33(8-3-30)34-9-4-31(25-50)5-10-34)51-46(53)42-22-36-23-43-44(24-37(36)26-52(42)47(54)58-39-16-18-55-19-17-39)59-45(28-57-43)35-11-13-38(14-12-35)56-27-32-6-15-40(48)41(49)21-32/h2-15,21,23-24,29,39,42,45H,16-20,22,26-28H2,1H3,(H,51,53)/t29-,42+,45?/m1/s1. The van der Waals surface area contributed by atoms with Crippen LogP contribution < -0.4 is 19.5 Å². The summed E-state index contributed by atoms with van der Waals surface area (Å²) < 4.78 is 30.2. The summed E-state index contributed by atoms with van der Waals surface area (Å²) in [7, 11) is 0. The van der Waals surface area contributed by atoms with Crippen LogP contribution in [-0.4, -0.2) is 54.9 Å². The number of rotatable bonds is 10. The van der Waals surface area contributed by atoms with Crippen LogP contribution in [0.15, 0.2) is 103 Å². The van der Waals surface area contributed by atoms with E-state index in [0.29, 0.717) is 85.0 Å². The van der Waals surface area contributed by atoms with E-state index in [1.807, 2.05) is 85.8 Å². The molecule has 5 aromatic carbocycles. The van der Waals surface area contributed by atoms with Gasteiger partial charge in [-0.2, -0.15) is 5.26 Å². The van der Waals surface area contributed by atoms with E-state index in [9.17, 15) is 9.59 Å². The fraction of sp³-hybridized carbons (Fsp3) is 0.298. The number of carbonyl (C=O) groups excluding carboxylic acids is 2. The zero-order valence-corrected chi connectivity index (χ0v) is 34.0. The molecule has 12 heteroatoms. The van der Waals surface area contributed by atoms with Crippen LogP contribution in [0.4, 0.5) is 4.79 Å². The number of ether oxygens (including phenoxy) is 5. The van der Waals surface area contributed by atoms with E-state index in [1.54, 1.807) is 24.3 Å². The number of hydrogen-bond acceptors (Lipinski definition) is 8. The monoisotopic (exact) mass is 831 g/mol. The Morgan fingerprint density at radius 1 is 0.864 bits per heavy atom. The van der Waals surface area contributed by atoms with Gasteiger partial charge in [0.2, 0.25) is 5.91 Å². The second kappa shape index (κ2) is 18.0. The number of nitrogens with one attached hydrogen (secondary N) is 1. The molecule has 2 amide bonds. The lowest BCUT2D eigenvalue weighted by Crippen LogP contribution is -2.54. The number of amides is 2. The van der Waals surface area contributed by atoms with E-state index in [-0.39, 0.29) is 30.7 Å². The van der Waals surface area contributed by atoms with Crippen molar-refractivity contribution in [3.63, 3.8) is 0 Å². The van der Waals surface area contributed by atoms with Gasteiger partial charge >= 0.3 is 6.09 Å². The zero-order chi connectivity index (χ0) is 40.9. The molecule has 0 aliphatic carbocycles. The molecular weight excluding hydrogens is 789 g/mol. The molecule has 1 fully saturated rings. The molecule has 8 rings (SSSR count). The van der Waals surface area contributed by atoms with Crippen molar-refractivity contribution < 1.29 is 33.3 Å². The van der Waals surface area contributed by atoms with E-state index in [1.165, 1.54) is 4.90 Å². The molecule has 0 aromatic heterocycles. The average Bonchev–Trinajstić information content (AvgIpc) is 3.26. The van der Waals surface area contributed by atoms with Crippen LogP contribution in [0.2, 0.25) is 10.0 Å². The molecule has 0 radical (unpaired) electrons. The van der Waals surface area contributed by atoms with Gasteiger partial charge in [0, 0.05) is 25.3 Å². The molecular formula is C47H43Cl2N3O7. The summed E-state index contributed by atoms with van der Waals surface area (Å²) in [5.41, 5.74) is 7.35. The third-order valence-corrected chi connectivity index (χ3v) is 11.6. The molecule has 1 N–H and O–H groups in total. The van der Waals surface area contributed by atoms with Gasteiger partial charge in [0.1, 0.15) is 31.1 Å². The maximum atomic E-state index is 14.1. The third kappa shape index (κ3) is 9.60. The van der Waals surface area contributed by atoms with Crippen molar-refractivity contribution in [3.05, 3.63) is 147 Å². The Labute approximate surface area is 353 Å². The number of fused-ring (bicyclic) bond motifs is 2. The molecule has 5 aromatic rings. The normalized spacial score (nSPS) is 17.9. The Bertz CT molecular complexity index is 2340. The predicted molar refractivity (Wildman–Crippen MR) is 224 cm³/mol. The summed E-state index contributed by atoms with van der Waals surface area (Å²) in [6, 6.07) is 33.7. The molecule has 302 valence electrons. The van der Waals surface area contributed by atoms with Crippen molar-refractivity contribution in [2.24, 2.45) is 0 Å². The maximum Gasteiger partial charge on any atom is 0.411 e. The van der Waals surface area contributed by atoms with Gasteiger partial charge in [-0.1, -0.05) is 77.8 Å². The minimum Gasteiger partial charge on any atom is -0.489 e. The average molecular weight is 833 g/mol. The Morgan fingerprint density at radius 2 is 1.56 bits per heavy atom. The van der Waals surface area contributed by atoms with Gasteiger partial charge in [-0.25, -0.2) is 4.79 Å². The van der Waals surface area contributed by atoms with Crippen LogP contribution in [0.1, 0.15) is 59.3 Å². The van der Waals surface area contributed by atoms with Gasteiger partial charge in [0.15, 0.2) is 17.6 Å². The maximum absolute atomic E-state index is 14.1. The third-order valence-electron chi connectivity index (χ3n) is 10.9. The van der Waals surface area contributed by atoms with E-state index >= 15 is 0 Å². The lowest BCUT2D eigenvalue weighted by Gasteiger charge is -2.38. The topological polar surface area (TPSA) is 119 Å². The first-order valence-electron chi connectivity index (χ1n) is 19.8. The number of hydrogen-bond donors (Lipinski definition) is 1. The van der Waals surface area contributed by atoms with Gasteiger partial charge in [0.05, 0.1) is 41.4 Å². The van der Waals surface area contributed by atoms with Crippen LogP contribution in [0.5, 0.6) is 17.2 Å². The number of nitriles is 1. The molecule has 3 aliphatic rings. The molecule has 1 saturated heterocycles. The van der Waals surface area contributed by atoms with Crippen molar-refractivity contribution >= 4 is 35.2 Å². The van der Waals surface area contributed by atoms with Gasteiger partial charge in [-0.3, -0.25) is 9.69 Å². The second-order valence-electron chi connectivity index (χ2n) is 15.1. The number of halogens is 2. The number of nitrogens with zero attached hydrogens (tertiary/aromatic N) is 2. The van der Waals surface area contributed by atoms with Crippen molar-refractivity contribution in [2.75, 3.05) is 19.8 Å². The van der Waals surface area contributed by atoms with E-state index in [4.69, 9.17) is 52.1 Å². The zero-order valence-electron chi connectivity index (χ0n) is 32.5. The lowest BCUT2D eigenvalue weighted by atomic mass is 9.92. The SMILES string of the molecule is C[C@H](Cc1ccc(-c2ccc(C#N)cc2)cc1)NC(=O)[C@@H]1Cc2cc3c(cc2CN1C(=O)OC1CCOCC1)OC(c1ccc(OCc2ccc(Cl)c(Cl)c2)cc1)CO3. The van der Waals surface area contributed by atoms with E-state index < -0.39 is 12.1 Å². The quantitative estimate of drug-likeness (QED) is 0.148. The molecule has 1 unspecified atom stereocenters. The number of benzene rings is 5. The van der Waals surface area contributed by atoms with E-state index in [2.05, 4.69) is 11.4 Å². The van der Waals surface area contributed by atoms with Crippen LogP contribution >= 0.6 is 23.2 Å². The molecule has 10 nitrogen and oxygen atoms in total. The molecule has 3 aliphatic heterocycles. The molecule has 0 spiro atoms. The van der Waals surface area contributed by atoms with Gasteiger partial charge in [-0.15, -0.1) is 0 Å². The van der Waals surface area contributed by atoms with Crippen molar-refractivity contribution in [2.45, 2.75) is 70.1 Å².